The molecular weight excluding hydrogens is 536 g/mol. The molecule has 2 N–H and O–H groups in total. The topological polar surface area (TPSA) is 127 Å². The minimum absolute atomic E-state index is 0.0586. The zero-order valence-corrected chi connectivity index (χ0v) is 23.1. The molecule has 0 heterocycles. The summed E-state index contributed by atoms with van der Waals surface area (Å²) in [6, 6.07) is 17.3. The van der Waals surface area contributed by atoms with E-state index < -0.39 is 23.9 Å². The number of ether oxygens (including phenoxy) is 2. The maximum absolute atomic E-state index is 12.5. The molecule has 8 nitrogen and oxygen atoms in total. The molecule has 0 fully saturated rings. The lowest BCUT2D eigenvalue weighted by atomic mass is 9.92. The maximum atomic E-state index is 12.5. The summed E-state index contributed by atoms with van der Waals surface area (Å²) in [6.45, 7) is 14.3. The van der Waals surface area contributed by atoms with Gasteiger partial charge >= 0.3 is 23.9 Å². The molecule has 0 amide bonds. The monoisotopic (exact) mass is 568 g/mol. The third kappa shape index (κ3) is 8.50. The van der Waals surface area contributed by atoms with Gasteiger partial charge in [0.2, 0.25) is 0 Å². The fourth-order valence-corrected chi connectivity index (χ4v) is 4.06. The quantitative estimate of drug-likeness (QED) is 0.175. The first-order chi connectivity index (χ1) is 20.2. The van der Waals surface area contributed by atoms with Crippen molar-refractivity contribution >= 4 is 23.9 Å². The van der Waals surface area contributed by atoms with E-state index >= 15 is 0 Å². The normalized spacial score (nSPS) is 9.81. The summed E-state index contributed by atoms with van der Waals surface area (Å²) in [5, 5.41) is 18.2. The molecule has 3 aromatic rings. The number of carbonyl (C=O) groups is 4. The number of carbonyl (C=O) groups excluding carboxylic acids is 2. The molecule has 0 aliphatic carbocycles. The van der Waals surface area contributed by atoms with Gasteiger partial charge < -0.3 is 19.7 Å². The fourth-order valence-electron chi connectivity index (χ4n) is 4.06. The molecule has 0 radical (unpaired) electrons. The third-order valence-corrected chi connectivity index (χ3v) is 5.80. The number of rotatable bonds is 13. The highest BCUT2D eigenvalue weighted by atomic mass is 16.5. The highest BCUT2D eigenvalue weighted by Gasteiger charge is 2.24. The van der Waals surface area contributed by atoms with E-state index in [1.54, 1.807) is 36.4 Å². The van der Waals surface area contributed by atoms with Crippen molar-refractivity contribution in [1.29, 1.82) is 0 Å². The smallest absolute Gasteiger partial charge is 0.339 e. The Morgan fingerprint density at radius 3 is 1.79 bits per heavy atom. The Morgan fingerprint density at radius 1 is 0.619 bits per heavy atom. The first kappa shape index (κ1) is 32.7. The Balaban J connectivity index is 0.000000307. The van der Waals surface area contributed by atoms with Crippen LogP contribution in [0.25, 0.3) is 11.1 Å². The van der Waals surface area contributed by atoms with Crippen LogP contribution in [0, 0.1) is 0 Å². The van der Waals surface area contributed by atoms with Crippen LogP contribution in [0.2, 0.25) is 0 Å². The van der Waals surface area contributed by atoms with Gasteiger partial charge in [-0.25, -0.2) is 19.2 Å². The standard InChI is InChI=1S/C20H18O4.C14H14O4/c1-3-13-23-19(21)17-12-8-11-16(15-9-6-5-7-10-15)18(17)20(22)24-14-4-2;1-3-5-9-7-8-11(13(15)16)12(14(17)18)10(9)6-4-2/h3-12H,1-2,13-14H2;3-4,7-8H,1-2,5-6H2,(H,15,16)(H,17,18). The number of carboxylic acids is 2. The van der Waals surface area contributed by atoms with E-state index in [0.29, 0.717) is 24.0 Å². The van der Waals surface area contributed by atoms with Crippen molar-refractivity contribution in [2.45, 2.75) is 12.8 Å². The van der Waals surface area contributed by atoms with Crippen molar-refractivity contribution < 1.29 is 38.9 Å². The molecule has 0 spiro atoms. The highest BCUT2D eigenvalue weighted by molar-refractivity contribution is 6.08. The molecule has 3 rings (SSSR count). The van der Waals surface area contributed by atoms with Crippen molar-refractivity contribution in [3.8, 4) is 11.1 Å². The van der Waals surface area contributed by atoms with Crippen LogP contribution in [-0.2, 0) is 22.3 Å². The summed E-state index contributed by atoms with van der Waals surface area (Å²) in [5.74, 6) is -3.68. The molecular formula is C34H32O8. The second kappa shape index (κ2) is 16.6. The largest absolute Gasteiger partial charge is 0.478 e. The molecule has 0 aliphatic heterocycles. The van der Waals surface area contributed by atoms with E-state index in [1.165, 1.54) is 18.2 Å². The van der Waals surface area contributed by atoms with Gasteiger partial charge in [0.1, 0.15) is 13.2 Å². The van der Waals surface area contributed by atoms with Crippen LogP contribution in [0.1, 0.15) is 52.6 Å². The average Bonchev–Trinajstić information content (AvgIpc) is 2.99. The molecule has 3 aromatic carbocycles. The van der Waals surface area contributed by atoms with E-state index in [4.69, 9.17) is 14.6 Å². The zero-order valence-electron chi connectivity index (χ0n) is 23.1. The molecule has 0 aliphatic rings. The van der Waals surface area contributed by atoms with E-state index in [9.17, 15) is 24.3 Å². The number of benzene rings is 3. The van der Waals surface area contributed by atoms with Crippen molar-refractivity contribution in [3.63, 3.8) is 0 Å². The predicted molar refractivity (Wildman–Crippen MR) is 161 cm³/mol. The summed E-state index contributed by atoms with van der Waals surface area (Å²) in [6.07, 6.45) is 6.94. The van der Waals surface area contributed by atoms with E-state index in [1.807, 2.05) is 30.3 Å². The number of carboxylic acid groups (broad SMARTS) is 2. The van der Waals surface area contributed by atoms with Crippen LogP contribution < -0.4 is 0 Å². The van der Waals surface area contributed by atoms with Gasteiger partial charge in [-0.2, -0.15) is 0 Å². The van der Waals surface area contributed by atoms with Crippen LogP contribution in [0.3, 0.4) is 0 Å². The molecule has 42 heavy (non-hydrogen) atoms. The molecule has 0 saturated heterocycles. The van der Waals surface area contributed by atoms with Crippen LogP contribution in [-0.4, -0.2) is 47.3 Å². The Kier molecular flexibility index (Phi) is 12.9. The lowest BCUT2D eigenvalue weighted by molar-refractivity contribution is 0.0503. The van der Waals surface area contributed by atoms with Gasteiger partial charge in [0.25, 0.3) is 0 Å². The van der Waals surface area contributed by atoms with Crippen molar-refractivity contribution in [2.24, 2.45) is 0 Å². The summed E-state index contributed by atoms with van der Waals surface area (Å²) < 4.78 is 10.2. The van der Waals surface area contributed by atoms with Crippen molar-refractivity contribution in [3.05, 3.63) is 145 Å². The number of aromatic carboxylic acids is 2. The number of allylic oxidation sites excluding steroid dienone is 2. The molecule has 8 heteroatoms. The Hall–Kier alpha value is -5.50. The third-order valence-electron chi connectivity index (χ3n) is 5.80. The second-order valence-corrected chi connectivity index (χ2v) is 8.59. The first-order valence-corrected chi connectivity index (χ1v) is 12.8. The van der Waals surface area contributed by atoms with Gasteiger partial charge in [0, 0.05) is 0 Å². The molecule has 0 unspecified atom stereocenters. The average molecular weight is 569 g/mol. The second-order valence-electron chi connectivity index (χ2n) is 8.59. The molecule has 0 bridgehead atoms. The van der Waals surface area contributed by atoms with E-state index in [0.717, 1.165) is 11.1 Å². The Bertz CT molecular complexity index is 1480. The number of esters is 2. The van der Waals surface area contributed by atoms with Gasteiger partial charge in [-0.1, -0.05) is 86.0 Å². The van der Waals surface area contributed by atoms with Gasteiger partial charge in [-0.3, -0.25) is 0 Å². The SMILES string of the molecule is C=CCOC(=O)c1cccc(-c2ccccc2)c1C(=O)OCC=C.C=CCc1ccc(C(=O)O)c(C(=O)O)c1CC=C. The van der Waals surface area contributed by atoms with Crippen molar-refractivity contribution in [1.82, 2.24) is 0 Å². The highest BCUT2D eigenvalue weighted by Crippen LogP contribution is 2.28. The summed E-state index contributed by atoms with van der Waals surface area (Å²) in [7, 11) is 0. The summed E-state index contributed by atoms with van der Waals surface area (Å²) >= 11 is 0. The molecule has 0 saturated carbocycles. The van der Waals surface area contributed by atoms with Gasteiger partial charge in [0.05, 0.1) is 22.3 Å². The van der Waals surface area contributed by atoms with Crippen LogP contribution >= 0.6 is 0 Å². The van der Waals surface area contributed by atoms with E-state index in [2.05, 4.69) is 26.3 Å². The number of hydrogen-bond donors (Lipinski definition) is 2. The molecule has 216 valence electrons. The molecule has 0 aromatic heterocycles. The lowest BCUT2D eigenvalue weighted by Crippen LogP contribution is -2.15. The van der Waals surface area contributed by atoms with Crippen LogP contribution in [0.15, 0.2) is 111 Å². The number of hydrogen-bond acceptors (Lipinski definition) is 6. The summed E-state index contributed by atoms with van der Waals surface area (Å²) in [5.41, 5.74) is 2.63. The maximum Gasteiger partial charge on any atom is 0.339 e. The van der Waals surface area contributed by atoms with E-state index in [-0.39, 0.29) is 35.5 Å². The predicted octanol–water partition coefficient (Wildman–Crippen LogP) is 6.58. The fraction of sp³-hybridized carbons (Fsp3) is 0.118. The van der Waals surface area contributed by atoms with Gasteiger partial charge in [0.15, 0.2) is 0 Å². The molecule has 0 atom stereocenters. The minimum atomic E-state index is -1.25. The van der Waals surface area contributed by atoms with Gasteiger partial charge in [-0.15, -0.1) is 13.2 Å². The lowest BCUT2D eigenvalue weighted by Gasteiger charge is -2.13. The first-order valence-electron chi connectivity index (χ1n) is 12.8. The van der Waals surface area contributed by atoms with Crippen molar-refractivity contribution in [2.75, 3.05) is 13.2 Å². The van der Waals surface area contributed by atoms with Gasteiger partial charge in [-0.05, 0) is 47.2 Å². The summed E-state index contributed by atoms with van der Waals surface area (Å²) in [4.78, 5) is 47.1. The minimum Gasteiger partial charge on any atom is -0.478 e. The Morgan fingerprint density at radius 2 is 1.24 bits per heavy atom. The Labute approximate surface area is 244 Å². The van der Waals surface area contributed by atoms with Crippen LogP contribution in [0.4, 0.5) is 0 Å². The van der Waals surface area contributed by atoms with Crippen LogP contribution in [0.5, 0.6) is 0 Å². The zero-order chi connectivity index (χ0) is 31.1.